The second kappa shape index (κ2) is 9.75. The number of halogens is 1. The van der Waals surface area contributed by atoms with E-state index in [-0.39, 0.29) is 11.8 Å². The average molecular weight is 404 g/mol. The van der Waals surface area contributed by atoms with E-state index in [2.05, 4.69) is 10.2 Å². The fourth-order valence-electron chi connectivity index (χ4n) is 3.56. The number of carbonyl (C=O) groups is 2. The van der Waals surface area contributed by atoms with Crippen LogP contribution in [-0.4, -0.2) is 36.3 Å². The van der Waals surface area contributed by atoms with Gasteiger partial charge in [-0.3, -0.25) is 14.5 Å². The molecule has 0 radical (unpaired) electrons. The summed E-state index contributed by atoms with van der Waals surface area (Å²) in [6.07, 6.45) is 3.34. The molecule has 0 aliphatic carbocycles. The molecule has 1 atom stereocenters. The third-order valence-corrected chi connectivity index (χ3v) is 5.27. The molecule has 3 rings (SSSR count). The molecule has 1 aromatic heterocycles. The first-order valence-corrected chi connectivity index (χ1v) is 9.99. The van der Waals surface area contributed by atoms with E-state index in [1.165, 1.54) is 0 Å². The van der Waals surface area contributed by atoms with Crippen LogP contribution in [0.2, 0.25) is 5.02 Å². The Morgan fingerprint density at radius 3 is 2.75 bits per heavy atom. The van der Waals surface area contributed by atoms with Crippen LogP contribution in [-0.2, 0) is 16.1 Å². The van der Waals surface area contributed by atoms with Crippen LogP contribution in [0.1, 0.15) is 31.4 Å². The third-order valence-electron chi connectivity index (χ3n) is 5.02. The standard InChI is InChI=1S/C21H26ClN3O3/c22-17-6-4-16(5-7-17)19-9-8-18(28-19)12-24-21(27)14-25-11-1-2-15(13-25)3-10-20(23)26/h4-9,15H,1-3,10-14H2,(H2,23,26)(H,24,27)/t15-/m1/s1. The Balaban J connectivity index is 1.44. The predicted octanol–water partition coefficient (Wildman–Crippen LogP) is 3.19. The molecule has 3 N–H and O–H groups in total. The number of piperidine rings is 1. The zero-order chi connectivity index (χ0) is 19.9. The van der Waals surface area contributed by atoms with Crippen LogP contribution in [0.25, 0.3) is 11.3 Å². The molecule has 7 heteroatoms. The number of primary amides is 1. The molecule has 0 spiro atoms. The summed E-state index contributed by atoms with van der Waals surface area (Å²) in [6, 6.07) is 11.2. The Kier molecular flexibility index (Phi) is 7.12. The summed E-state index contributed by atoms with van der Waals surface area (Å²) in [4.78, 5) is 25.4. The number of rotatable bonds is 8. The average Bonchev–Trinajstić information content (AvgIpc) is 3.15. The lowest BCUT2D eigenvalue weighted by Gasteiger charge is -2.32. The Morgan fingerprint density at radius 1 is 1.21 bits per heavy atom. The second-order valence-electron chi connectivity index (χ2n) is 7.30. The zero-order valence-corrected chi connectivity index (χ0v) is 16.6. The lowest BCUT2D eigenvalue weighted by Crippen LogP contribution is -2.42. The number of nitrogens with two attached hydrogens (primary N) is 1. The summed E-state index contributed by atoms with van der Waals surface area (Å²) in [7, 11) is 0. The first-order valence-electron chi connectivity index (χ1n) is 9.61. The van der Waals surface area contributed by atoms with E-state index < -0.39 is 0 Å². The van der Waals surface area contributed by atoms with Gasteiger partial charge in [0.1, 0.15) is 11.5 Å². The summed E-state index contributed by atoms with van der Waals surface area (Å²) in [6.45, 7) is 2.45. The van der Waals surface area contributed by atoms with Crippen LogP contribution in [0.5, 0.6) is 0 Å². The van der Waals surface area contributed by atoms with E-state index in [4.69, 9.17) is 21.8 Å². The van der Waals surface area contributed by atoms with Gasteiger partial charge in [0.25, 0.3) is 0 Å². The van der Waals surface area contributed by atoms with Crippen molar-refractivity contribution in [3.63, 3.8) is 0 Å². The van der Waals surface area contributed by atoms with Crippen LogP contribution in [0, 0.1) is 5.92 Å². The van der Waals surface area contributed by atoms with Gasteiger partial charge in [-0.1, -0.05) is 11.6 Å². The van der Waals surface area contributed by atoms with Gasteiger partial charge in [0.2, 0.25) is 11.8 Å². The van der Waals surface area contributed by atoms with E-state index in [9.17, 15) is 9.59 Å². The largest absolute Gasteiger partial charge is 0.459 e. The fourth-order valence-corrected chi connectivity index (χ4v) is 3.69. The lowest BCUT2D eigenvalue weighted by atomic mass is 9.93. The quantitative estimate of drug-likeness (QED) is 0.708. The van der Waals surface area contributed by atoms with Gasteiger partial charge in [0.05, 0.1) is 13.1 Å². The van der Waals surface area contributed by atoms with Gasteiger partial charge in [-0.05, 0) is 68.1 Å². The van der Waals surface area contributed by atoms with Gasteiger partial charge in [-0.15, -0.1) is 0 Å². The Labute approximate surface area is 170 Å². The molecule has 1 aliphatic rings. The first-order chi connectivity index (χ1) is 13.5. The van der Waals surface area contributed by atoms with E-state index in [0.717, 1.165) is 43.7 Å². The molecule has 150 valence electrons. The molecule has 2 amide bonds. The highest BCUT2D eigenvalue weighted by Gasteiger charge is 2.22. The maximum Gasteiger partial charge on any atom is 0.234 e. The number of hydrogen-bond acceptors (Lipinski definition) is 4. The topological polar surface area (TPSA) is 88.6 Å². The number of benzene rings is 1. The number of amides is 2. The van der Waals surface area contributed by atoms with E-state index in [1.807, 2.05) is 36.4 Å². The summed E-state index contributed by atoms with van der Waals surface area (Å²) >= 11 is 5.91. The molecule has 1 aliphatic heterocycles. The van der Waals surface area contributed by atoms with Crippen molar-refractivity contribution in [2.45, 2.75) is 32.2 Å². The summed E-state index contributed by atoms with van der Waals surface area (Å²) in [5.41, 5.74) is 6.18. The highest BCUT2D eigenvalue weighted by Crippen LogP contribution is 2.24. The van der Waals surface area contributed by atoms with Crippen LogP contribution < -0.4 is 11.1 Å². The van der Waals surface area contributed by atoms with Crippen molar-refractivity contribution in [2.24, 2.45) is 11.7 Å². The maximum absolute atomic E-state index is 12.3. The lowest BCUT2D eigenvalue weighted by molar-refractivity contribution is -0.123. The molecular weight excluding hydrogens is 378 g/mol. The summed E-state index contributed by atoms with van der Waals surface area (Å²) < 4.78 is 5.81. The molecule has 0 saturated carbocycles. The normalized spacial score (nSPS) is 17.4. The van der Waals surface area contributed by atoms with Crippen molar-refractivity contribution in [1.82, 2.24) is 10.2 Å². The van der Waals surface area contributed by atoms with Crippen LogP contribution >= 0.6 is 11.6 Å². The highest BCUT2D eigenvalue weighted by atomic mass is 35.5. The van der Waals surface area contributed by atoms with Crippen molar-refractivity contribution in [2.75, 3.05) is 19.6 Å². The van der Waals surface area contributed by atoms with Gasteiger partial charge in [-0.25, -0.2) is 0 Å². The van der Waals surface area contributed by atoms with Crippen LogP contribution in [0.3, 0.4) is 0 Å². The number of furan rings is 1. The van der Waals surface area contributed by atoms with Gasteiger partial charge in [0, 0.05) is 23.6 Å². The molecule has 1 fully saturated rings. The number of nitrogens with zero attached hydrogens (tertiary/aromatic N) is 1. The molecule has 1 aromatic carbocycles. The van der Waals surface area contributed by atoms with Gasteiger partial charge < -0.3 is 15.5 Å². The SMILES string of the molecule is NC(=O)CC[C@H]1CCCN(CC(=O)NCc2ccc(-c3ccc(Cl)cc3)o2)C1. The third kappa shape index (κ3) is 6.11. The molecule has 28 heavy (non-hydrogen) atoms. The Hall–Kier alpha value is -2.31. The predicted molar refractivity (Wildman–Crippen MR) is 109 cm³/mol. The second-order valence-corrected chi connectivity index (χ2v) is 7.73. The molecule has 0 unspecified atom stereocenters. The maximum atomic E-state index is 12.3. The monoisotopic (exact) mass is 403 g/mol. The highest BCUT2D eigenvalue weighted by molar-refractivity contribution is 6.30. The van der Waals surface area contributed by atoms with Crippen molar-refractivity contribution < 1.29 is 14.0 Å². The molecule has 6 nitrogen and oxygen atoms in total. The van der Waals surface area contributed by atoms with Crippen molar-refractivity contribution in [3.05, 3.63) is 47.2 Å². The van der Waals surface area contributed by atoms with Crippen molar-refractivity contribution in [1.29, 1.82) is 0 Å². The van der Waals surface area contributed by atoms with E-state index in [1.54, 1.807) is 0 Å². The Bertz CT molecular complexity index is 803. The van der Waals surface area contributed by atoms with Crippen molar-refractivity contribution >= 4 is 23.4 Å². The van der Waals surface area contributed by atoms with Crippen LogP contribution in [0.4, 0.5) is 0 Å². The Morgan fingerprint density at radius 2 is 2.00 bits per heavy atom. The number of hydrogen-bond donors (Lipinski definition) is 2. The van der Waals surface area contributed by atoms with Gasteiger partial charge >= 0.3 is 0 Å². The molecular formula is C21H26ClN3O3. The number of nitrogens with one attached hydrogen (secondary N) is 1. The molecule has 2 heterocycles. The minimum Gasteiger partial charge on any atom is -0.459 e. The van der Waals surface area contributed by atoms with E-state index >= 15 is 0 Å². The fraction of sp³-hybridized carbons (Fsp3) is 0.429. The first kappa shape index (κ1) is 20.4. The minimum absolute atomic E-state index is 0.0278. The number of likely N-dealkylation sites (tertiary alicyclic amines) is 1. The molecule has 2 aromatic rings. The zero-order valence-electron chi connectivity index (χ0n) is 15.8. The summed E-state index contributed by atoms with van der Waals surface area (Å²) in [5, 5.41) is 3.59. The summed E-state index contributed by atoms with van der Waals surface area (Å²) in [5.74, 6) is 1.60. The van der Waals surface area contributed by atoms with Crippen LogP contribution in [0.15, 0.2) is 40.8 Å². The minimum atomic E-state index is -0.258. The van der Waals surface area contributed by atoms with Crippen molar-refractivity contribution in [3.8, 4) is 11.3 Å². The molecule has 0 bridgehead atoms. The molecule has 1 saturated heterocycles. The number of carbonyl (C=O) groups excluding carboxylic acids is 2. The van der Waals surface area contributed by atoms with Gasteiger partial charge in [0.15, 0.2) is 0 Å². The smallest absolute Gasteiger partial charge is 0.234 e. The van der Waals surface area contributed by atoms with Gasteiger partial charge in [-0.2, -0.15) is 0 Å². The van der Waals surface area contributed by atoms with E-state index in [0.29, 0.717) is 36.2 Å².